The van der Waals surface area contributed by atoms with Gasteiger partial charge in [0.15, 0.2) is 0 Å². The molecule has 0 atom stereocenters. The van der Waals surface area contributed by atoms with Gasteiger partial charge in [-0.15, -0.1) is 0 Å². The Labute approximate surface area is 122 Å². The summed E-state index contributed by atoms with van der Waals surface area (Å²) in [5.41, 5.74) is 1.85. The lowest BCUT2D eigenvalue weighted by molar-refractivity contribution is 0.0827. The molecule has 1 fully saturated rings. The molecule has 0 aromatic heterocycles. The SMILES string of the molecule is CC1CCC(CNc2ccc(C(=O)N(C)C)cc2)CC1. The topological polar surface area (TPSA) is 32.3 Å². The first kappa shape index (κ1) is 14.9. The smallest absolute Gasteiger partial charge is 0.253 e. The second kappa shape index (κ2) is 6.78. The summed E-state index contributed by atoms with van der Waals surface area (Å²) in [6.45, 7) is 3.40. The van der Waals surface area contributed by atoms with Gasteiger partial charge in [-0.25, -0.2) is 0 Å². The standard InChI is InChI=1S/C17H26N2O/c1-13-4-6-14(7-5-13)12-18-16-10-8-15(9-11-16)17(20)19(2)3/h8-11,13-14,18H,4-7,12H2,1-3H3. The summed E-state index contributed by atoms with van der Waals surface area (Å²) in [6, 6.07) is 7.80. The maximum atomic E-state index is 11.8. The highest BCUT2D eigenvalue weighted by Crippen LogP contribution is 2.28. The molecule has 1 aromatic carbocycles. The molecule has 0 bridgehead atoms. The van der Waals surface area contributed by atoms with Crippen molar-refractivity contribution in [1.82, 2.24) is 4.90 Å². The number of anilines is 1. The van der Waals surface area contributed by atoms with Crippen molar-refractivity contribution in [3.05, 3.63) is 29.8 Å². The van der Waals surface area contributed by atoms with Crippen molar-refractivity contribution in [3.63, 3.8) is 0 Å². The third-order valence-corrected chi connectivity index (χ3v) is 4.27. The number of carbonyl (C=O) groups excluding carboxylic acids is 1. The molecule has 20 heavy (non-hydrogen) atoms. The number of carbonyl (C=O) groups is 1. The monoisotopic (exact) mass is 274 g/mol. The lowest BCUT2D eigenvalue weighted by atomic mass is 9.83. The van der Waals surface area contributed by atoms with Gasteiger partial charge in [0.05, 0.1) is 0 Å². The minimum Gasteiger partial charge on any atom is -0.385 e. The quantitative estimate of drug-likeness (QED) is 0.909. The molecule has 3 heteroatoms. The van der Waals surface area contributed by atoms with E-state index in [1.165, 1.54) is 25.7 Å². The Morgan fingerprint density at radius 1 is 1.15 bits per heavy atom. The molecule has 2 rings (SSSR count). The van der Waals surface area contributed by atoms with E-state index in [0.717, 1.165) is 29.6 Å². The van der Waals surface area contributed by atoms with Gasteiger partial charge in [0.2, 0.25) is 0 Å². The molecule has 0 heterocycles. The molecule has 1 amide bonds. The van der Waals surface area contributed by atoms with Crippen LogP contribution in [0.4, 0.5) is 5.69 Å². The summed E-state index contributed by atoms with van der Waals surface area (Å²) in [4.78, 5) is 13.4. The Kier molecular flexibility index (Phi) is 5.05. The predicted octanol–water partition coefficient (Wildman–Crippen LogP) is 3.63. The molecule has 110 valence electrons. The number of nitrogens with one attached hydrogen (secondary N) is 1. The van der Waals surface area contributed by atoms with Gasteiger partial charge in [-0.2, -0.15) is 0 Å². The zero-order chi connectivity index (χ0) is 14.5. The van der Waals surface area contributed by atoms with Gasteiger partial charge in [0.1, 0.15) is 0 Å². The summed E-state index contributed by atoms with van der Waals surface area (Å²) >= 11 is 0. The molecule has 1 aliphatic rings. The minimum absolute atomic E-state index is 0.0535. The molecule has 0 aliphatic heterocycles. The molecule has 0 spiro atoms. The van der Waals surface area contributed by atoms with Crippen LogP contribution in [0.15, 0.2) is 24.3 Å². The van der Waals surface area contributed by atoms with Crippen molar-refractivity contribution in [3.8, 4) is 0 Å². The lowest BCUT2D eigenvalue weighted by Crippen LogP contribution is -2.22. The molecule has 0 saturated heterocycles. The fraction of sp³-hybridized carbons (Fsp3) is 0.588. The molecule has 0 radical (unpaired) electrons. The van der Waals surface area contributed by atoms with Gasteiger partial charge in [-0.1, -0.05) is 19.8 Å². The average molecular weight is 274 g/mol. The van der Waals surface area contributed by atoms with Gasteiger partial charge in [-0.3, -0.25) is 4.79 Å². The minimum atomic E-state index is 0.0535. The molecule has 1 N–H and O–H groups in total. The Bertz CT molecular complexity index is 431. The first-order valence-electron chi connectivity index (χ1n) is 7.62. The molecule has 0 unspecified atom stereocenters. The third kappa shape index (κ3) is 3.99. The van der Waals surface area contributed by atoms with Gasteiger partial charge < -0.3 is 10.2 Å². The van der Waals surface area contributed by atoms with Crippen molar-refractivity contribution < 1.29 is 4.79 Å². The van der Waals surface area contributed by atoms with Crippen LogP contribution in [-0.4, -0.2) is 31.4 Å². The third-order valence-electron chi connectivity index (χ3n) is 4.27. The molecular weight excluding hydrogens is 248 g/mol. The zero-order valence-corrected chi connectivity index (χ0v) is 12.9. The highest BCUT2D eigenvalue weighted by Gasteiger charge is 2.17. The second-order valence-electron chi connectivity index (χ2n) is 6.28. The number of nitrogens with zero attached hydrogens (tertiary/aromatic N) is 1. The van der Waals surface area contributed by atoms with E-state index in [1.54, 1.807) is 19.0 Å². The molecule has 1 aliphatic carbocycles. The summed E-state index contributed by atoms with van der Waals surface area (Å²) in [6.07, 6.45) is 5.40. The van der Waals surface area contributed by atoms with Crippen molar-refractivity contribution in [2.45, 2.75) is 32.6 Å². The normalized spacial score (nSPS) is 22.4. The summed E-state index contributed by atoms with van der Waals surface area (Å²) in [5.74, 6) is 1.76. The largest absolute Gasteiger partial charge is 0.385 e. The van der Waals surface area contributed by atoms with E-state index in [-0.39, 0.29) is 5.91 Å². The first-order chi connectivity index (χ1) is 9.56. The molecular formula is C17H26N2O. The van der Waals surface area contributed by atoms with Crippen LogP contribution in [-0.2, 0) is 0 Å². The van der Waals surface area contributed by atoms with Crippen LogP contribution < -0.4 is 5.32 Å². The van der Waals surface area contributed by atoms with Crippen molar-refractivity contribution >= 4 is 11.6 Å². The Balaban J connectivity index is 1.83. The van der Waals surface area contributed by atoms with Gasteiger partial charge >= 0.3 is 0 Å². The number of benzene rings is 1. The Morgan fingerprint density at radius 2 is 1.75 bits per heavy atom. The molecule has 1 saturated carbocycles. The van der Waals surface area contributed by atoms with Crippen LogP contribution in [0.2, 0.25) is 0 Å². The zero-order valence-electron chi connectivity index (χ0n) is 12.9. The van der Waals surface area contributed by atoms with Crippen molar-refractivity contribution in [1.29, 1.82) is 0 Å². The highest BCUT2D eigenvalue weighted by molar-refractivity contribution is 5.94. The van der Waals surface area contributed by atoms with E-state index in [9.17, 15) is 4.79 Å². The fourth-order valence-electron chi connectivity index (χ4n) is 2.78. The van der Waals surface area contributed by atoms with E-state index < -0.39 is 0 Å². The summed E-state index contributed by atoms with van der Waals surface area (Å²) < 4.78 is 0. The van der Waals surface area contributed by atoms with Gasteiger partial charge in [0.25, 0.3) is 5.91 Å². The fourth-order valence-corrected chi connectivity index (χ4v) is 2.78. The number of amides is 1. The second-order valence-corrected chi connectivity index (χ2v) is 6.28. The van der Waals surface area contributed by atoms with Crippen LogP contribution in [0.1, 0.15) is 43.0 Å². The summed E-state index contributed by atoms with van der Waals surface area (Å²) in [7, 11) is 3.55. The van der Waals surface area contributed by atoms with E-state index >= 15 is 0 Å². The first-order valence-corrected chi connectivity index (χ1v) is 7.62. The number of hydrogen-bond acceptors (Lipinski definition) is 2. The van der Waals surface area contributed by atoms with Crippen molar-refractivity contribution in [2.24, 2.45) is 11.8 Å². The van der Waals surface area contributed by atoms with Crippen molar-refractivity contribution in [2.75, 3.05) is 26.0 Å². The van der Waals surface area contributed by atoms with Gasteiger partial charge in [-0.05, 0) is 48.9 Å². The van der Waals surface area contributed by atoms with E-state index in [2.05, 4.69) is 12.2 Å². The van der Waals surface area contributed by atoms with Crippen LogP contribution in [0.3, 0.4) is 0 Å². The van der Waals surface area contributed by atoms with Crippen LogP contribution in [0.25, 0.3) is 0 Å². The van der Waals surface area contributed by atoms with Crippen LogP contribution in [0.5, 0.6) is 0 Å². The maximum Gasteiger partial charge on any atom is 0.253 e. The maximum absolute atomic E-state index is 11.8. The number of hydrogen-bond donors (Lipinski definition) is 1. The molecule has 1 aromatic rings. The van der Waals surface area contributed by atoms with E-state index in [4.69, 9.17) is 0 Å². The average Bonchev–Trinajstić information content (AvgIpc) is 2.46. The van der Waals surface area contributed by atoms with Crippen LogP contribution >= 0.6 is 0 Å². The van der Waals surface area contributed by atoms with E-state index in [0.29, 0.717) is 0 Å². The molecule has 3 nitrogen and oxygen atoms in total. The Morgan fingerprint density at radius 3 is 2.30 bits per heavy atom. The Hall–Kier alpha value is -1.51. The highest BCUT2D eigenvalue weighted by atomic mass is 16.2. The van der Waals surface area contributed by atoms with Gasteiger partial charge in [0, 0.05) is 31.9 Å². The lowest BCUT2D eigenvalue weighted by Gasteiger charge is -2.26. The number of rotatable bonds is 4. The van der Waals surface area contributed by atoms with Crippen LogP contribution in [0, 0.1) is 11.8 Å². The predicted molar refractivity (Wildman–Crippen MR) is 84.1 cm³/mol. The van der Waals surface area contributed by atoms with E-state index in [1.807, 2.05) is 24.3 Å². The summed E-state index contributed by atoms with van der Waals surface area (Å²) in [5, 5.41) is 3.50.